The molecule has 1 N–H and O–H groups in total. The molecule has 25 heavy (non-hydrogen) atoms. The van der Waals surface area contributed by atoms with E-state index in [1.165, 1.54) is 0 Å². The predicted octanol–water partition coefficient (Wildman–Crippen LogP) is 4.17. The number of alkyl halides is 3. The zero-order valence-electron chi connectivity index (χ0n) is 13.1. The van der Waals surface area contributed by atoms with Crippen molar-refractivity contribution in [1.82, 2.24) is 10.3 Å². The molecule has 134 valence electrons. The topological polar surface area (TPSA) is 51.2 Å². The summed E-state index contributed by atoms with van der Waals surface area (Å²) in [4.78, 5) is 15.5. The van der Waals surface area contributed by atoms with Crippen LogP contribution in [0.4, 0.5) is 13.2 Å². The fraction of sp³-hybridized carbons (Fsp3) is 0.250. The lowest BCUT2D eigenvalue weighted by molar-refractivity contribution is -0.137. The molecule has 1 heterocycles. The Morgan fingerprint density at radius 2 is 2.00 bits per heavy atom. The number of amides is 1. The molecule has 1 aromatic carbocycles. The van der Waals surface area contributed by atoms with E-state index >= 15 is 0 Å². The van der Waals surface area contributed by atoms with Gasteiger partial charge in [0, 0.05) is 12.7 Å². The highest BCUT2D eigenvalue weighted by Crippen LogP contribution is 2.33. The standard InChI is InChI=1S/C16H14ClF3N2O2S/c1-24-12-4-2-10(3-5-12)7-21-14(23)9-25-15-13(17)6-11(8-22-15)16(18,19)20/h2-6,8H,7,9H2,1H3,(H,21,23). The van der Waals surface area contributed by atoms with Crippen LogP contribution in [0.1, 0.15) is 11.1 Å². The van der Waals surface area contributed by atoms with E-state index < -0.39 is 11.7 Å². The Bertz CT molecular complexity index is 739. The van der Waals surface area contributed by atoms with Gasteiger partial charge in [0.15, 0.2) is 0 Å². The molecule has 4 nitrogen and oxygen atoms in total. The average Bonchev–Trinajstić information content (AvgIpc) is 2.58. The van der Waals surface area contributed by atoms with Gasteiger partial charge in [-0.25, -0.2) is 4.98 Å². The van der Waals surface area contributed by atoms with Crippen molar-refractivity contribution in [2.45, 2.75) is 17.7 Å². The molecule has 0 aliphatic rings. The number of halogens is 4. The number of carbonyl (C=O) groups is 1. The molecule has 0 saturated heterocycles. The first-order chi connectivity index (χ1) is 11.8. The lowest BCUT2D eigenvalue weighted by Crippen LogP contribution is -2.24. The molecule has 2 aromatic rings. The molecule has 0 bridgehead atoms. The summed E-state index contributed by atoms with van der Waals surface area (Å²) < 4.78 is 42.7. The summed E-state index contributed by atoms with van der Waals surface area (Å²) in [6.07, 6.45) is -3.81. The van der Waals surface area contributed by atoms with Gasteiger partial charge in [0.05, 0.1) is 23.4 Å². The molecule has 0 radical (unpaired) electrons. The van der Waals surface area contributed by atoms with Gasteiger partial charge in [0.2, 0.25) is 5.91 Å². The van der Waals surface area contributed by atoms with Crippen molar-refractivity contribution in [1.29, 1.82) is 0 Å². The maximum absolute atomic E-state index is 12.5. The number of ether oxygens (including phenoxy) is 1. The Morgan fingerprint density at radius 1 is 1.32 bits per heavy atom. The Balaban J connectivity index is 1.85. The lowest BCUT2D eigenvalue weighted by Gasteiger charge is -2.09. The van der Waals surface area contributed by atoms with E-state index in [-0.39, 0.29) is 21.7 Å². The van der Waals surface area contributed by atoms with Crippen molar-refractivity contribution in [3.8, 4) is 5.75 Å². The van der Waals surface area contributed by atoms with Gasteiger partial charge in [0.1, 0.15) is 10.8 Å². The molecule has 0 saturated carbocycles. The average molecular weight is 391 g/mol. The van der Waals surface area contributed by atoms with Crippen LogP contribution in [0.25, 0.3) is 0 Å². The molecule has 1 aromatic heterocycles. The quantitative estimate of drug-likeness (QED) is 0.752. The molecule has 0 aliphatic carbocycles. The summed E-state index contributed by atoms with van der Waals surface area (Å²) in [5, 5.41) is 2.75. The first-order valence-corrected chi connectivity index (χ1v) is 8.41. The number of pyridine rings is 1. The maximum atomic E-state index is 12.5. The fourth-order valence-corrected chi connectivity index (χ4v) is 2.84. The second-order valence-electron chi connectivity index (χ2n) is 4.92. The molecular formula is C16H14ClF3N2O2S. The van der Waals surface area contributed by atoms with E-state index in [2.05, 4.69) is 10.3 Å². The third-order valence-electron chi connectivity index (χ3n) is 3.12. The molecule has 2 rings (SSSR count). The van der Waals surface area contributed by atoms with Crippen LogP contribution in [0.15, 0.2) is 41.6 Å². The van der Waals surface area contributed by atoms with Crippen molar-refractivity contribution < 1.29 is 22.7 Å². The number of thioether (sulfide) groups is 1. The summed E-state index contributed by atoms with van der Waals surface area (Å²) in [6.45, 7) is 0.331. The largest absolute Gasteiger partial charge is 0.497 e. The number of nitrogens with zero attached hydrogens (tertiary/aromatic N) is 1. The summed E-state index contributed by atoms with van der Waals surface area (Å²) >= 11 is 6.77. The van der Waals surface area contributed by atoms with E-state index in [0.717, 1.165) is 23.4 Å². The zero-order chi connectivity index (χ0) is 18.4. The van der Waals surface area contributed by atoms with Crippen LogP contribution in [0, 0.1) is 0 Å². The number of aromatic nitrogens is 1. The first-order valence-electron chi connectivity index (χ1n) is 7.05. The Hall–Kier alpha value is -1.93. The van der Waals surface area contributed by atoms with E-state index in [0.29, 0.717) is 18.5 Å². The molecule has 0 spiro atoms. The third kappa shape index (κ3) is 5.82. The predicted molar refractivity (Wildman–Crippen MR) is 89.8 cm³/mol. The molecule has 0 unspecified atom stereocenters. The summed E-state index contributed by atoms with van der Waals surface area (Å²) in [7, 11) is 1.56. The molecule has 0 atom stereocenters. The van der Waals surface area contributed by atoms with Gasteiger partial charge >= 0.3 is 6.18 Å². The fourth-order valence-electron chi connectivity index (χ4n) is 1.82. The minimum Gasteiger partial charge on any atom is -0.497 e. The van der Waals surface area contributed by atoms with Crippen LogP contribution in [0.5, 0.6) is 5.75 Å². The van der Waals surface area contributed by atoms with Crippen molar-refractivity contribution in [2.75, 3.05) is 12.9 Å². The Morgan fingerprint density at radius 3 is 2.56 bits per heavy atom. The molecule has 1 amide bonds. The number of hydrogen-bond acceptors (Lipinski definition) is 4. The smallest absolute Gasteiger partial charge is 0.417 e. The number of carbonyl (C=O) groups excluding carboxylic acids is 1. The van der Waals surface area contributed by atoms with Crippen LogP contribution >= 0.6 is 23.4 Å². The summed E-state index contributed by atoms with van der Waals surface area (Å²) in [6, 6.07) is 8.00. The highest BCUT2D eigenvalue weighted by atomic mass is 35.5. The molecule has 0 aliphatic heterocycles. The zero-order valence-corrected chi connectivity index (χ0v) is 14.6. The molecule has 0 fully saturated rings. The molecule has 9 heteroatoms. The van der Waals surface area contributed by atoms with Crippen LogP contribution in [0.3, 0.4) is 0 Å². The van der Waals surface area contributed by atoms with Gasteiger partial charge < -0.3 is 10.1 Å². The highest BCUT2D eigenvalue weighted by Gasteiger charge is 2.31. The third-order valence-corrected chi connectivity index (χ3v) is 4.53. The Kier molecular flexibility index (Phi) is 6.55. The van der Waals surface area contributed by atoms with Crippen molar-refractivity contribution in [2.24, 2.45) is 0 Å². The van der Waals surface area contributed by atoms with Gasteiger partial charge in [-0.2, -0.15) is 13.2 Å². The summed E-state index contributed by atoms with van der Waals surface area (Å²) in [5.74, 6) is 0.432. The monoisotopic (exact) mass is 390 g/mol. The second-order valence-corrected chi connectivity index (χ2v) is 6.29. The second kappa shape index (κ2) is 8.44. The van der Waals surface area contributed by atoms with E-state index in [4.69, 9.17) is 16.3 Å². The number of hydrogen-bond donors (Lipinski definition) is 1. The number of nitrogens with one attached hydrogen (secondary N) is 1. The van der Waals surface area contributed by atoms with Gasteiger partial charge in [-0.15, -0.1) is 0 Å². The van der Waals surface area contributed by atoms with Crippen molar-refractivity contribution in [3.05, 3.63) is 52.7 Å². The van der Waals surface area contributed by atoms with Gasteiger partial charge in [-0.05, 0) is 23.8 Å². The minimum absolute atomic E-state index is 0.00572. The molecular weight excluding hydrogens is 377 g/mol. The van der Waals surface area contributed by atoms with Gasteiger partial charge in [0.25, 0.3) is 0 Å². The normalized spacial score (nSPS) is 11.2. The SMILES string of the molecule is COc1ccc(CNC(=O)CSc2ncc(C(F)(F)F)cc2Cl)cc1. The van der Waals surface area contributed by atoms with E-state index in [9.17, 15) is 18.0 Å². The number of benzene rings is 1. The first kappa shape index (κ1) is 19.4. The van der Waals surface area contributed by atoms with Gasteiger partial charge in [-0.3, -0.25) is 4.79 Å². The van der Waals surface area contributed by atoms with Crippen molar-refractivity contribution in [3.63, 3.8) is 0 Å². The number of methoxy groups -OCH3 is 1. The van der Waals surface area contributed by atoms with Crippen molar-refractivity contribution >= 4 is 29.3 Å². The van der Waals surface area contributed by atoms with Crippen LogP contribution < -0.4 is 10.1 Å². The Labute approximate surface area is 151 Å². The van der Waals surface area contributed by atoms with E-state index in [1.807, 2.05) is 12.1 Å². The highest BCUT2D eigenvalue weighted by molar-refractivity contribution is 8.00. The van der Waals surface area contributed by atoms with Crippen LogP contribution in [-0.4, -0.2) is 23.8 Å². The number of rotatable bonds is 6. The van der Waals surface area contributed by atoms with Crippen LogP contribution in [0.2, 0.25) is 5.02 Å². The minimum atomic E-state index is -4.50. The lowest BCUT2D eigenvalue weighted by atomic mass is 10.2. The maximum Gasteiger partial charge on any atom is 0.417 e. The van der Waals surface area contributed by atoms with E-state index in [1.54, 1.807) is 19.2 Å². The van der Waals surface area contributed by atoms with Gasteiger partial charge in [-0.1, -0.05) is 35.5 Å². The van der Waals surface area contributed by atoms with Crippen LogP contribution in [-0.2, 0) is 17.5 Å². The summed E-state index contributed by atoms with van der Waals surface area (Å²) in [5.41, 5.74) is -0.0318.